The second-order valence-electron chi connectivity index (χ2n) is 10.8. The van der Waals surface area contributed by atoms with Gasteiger partial charge >= 0.3 is 5.97 Å². The minimum absolute atomic E-state index is 0.185. The Kier molecular flexibility index (Phi) is 9.37. The maximum absolute atomic E-state index is 13.7. The summed E-state index contributed by atoms with van der Waals surface area (Å²) in [5.41, 5.74) is 4.18. The number of ether oxygens (including phenoxy) is 1. The third kappa shape index (κ3) is 8.08. The molecule has 0 aliphatic carbocycles. The molecule has 13 heteroatoms. The number of carbonyl (C=O) groups excluding carboxylic acids is 1. The van der Waals surface area contributed by atoms with Crippen molar-refractivity contribution in [2.24, 2.45) is 0 Å². The van der Waals surface area contributed by atoms with Crippen LogP contribution in [0.25, 0.3) is 11.0 Å². The summed E-state index contributed by atoms with van der Waals surface area (Å²) in [5.74, 6) is 0.508. The average Bonchev–Trinajstić information content (AvgIpc) is 3.46. The van der Waals surface area contributed by atoms with Crippen LogP contribution < -0.4 is 21.3 Å². The highest BCUT2D eigenvalue weighted by molar-refractivity contribution is 5.79. The van der Waals surface area contributed by atoms with E-state index < -0.39 is 12.0 Å². The Hall–Kier alpha value is -5.14. The van der Waals surface area contributed by atoms with Gasteiger partial charge in [-0.3, -0.25) is 4.90 Å². The molecule has 3 heterocycles. The lowest BCUT2D eigenvalue weighted by molar-refractivity contribution is -0.141. The Balaban J connectivity index is 1.25. The number of fused-ring (bicyclic) bond motifs is 1. The van der Waals surface area contributed by atoms with Gasteiger partial charge in [-0.1, -0.05) is 42.5 Å². The van der Waals surface area contributed by atoms with Crippen LogP contribution in [-0.4, -0.2) is 75.1 Å². The van der Waals surface area contributed by atoms with Crippen molar-refractivity contribution in [2.45, 2.75) is 25.6 Å². The van der Waals surface area contributed by atoms with E-state index in [1.165, 1.54) is 24.8 Å². The minimum Gasteiger partial charge on any atom is -0.467 e. The first kappa shape index (κ1) is 29.9. The third-order valence-corrected chi connectivity index (χ3v) is 7.41. The van der Waals surface area contributed by atoms with Crippen molar-refractivity contribution in [1.29, 1.82) is 0 Å². The number of esters is 1. The summed E-state index contributed by atoms with van der Waals surface area (Å²) in [6.45, 7) is 5.05. The van der Waals surface area contributed by atoms with Gasteiger partial charge in [0.2, 0.25) is 17.8 Å². The van der Waals surface area contributed by atoms with Gasteiger partial charge in [0.15, 0.2) is 0 Å². The number of anilines is 4. The molecule has 1 aliphatic rings. The van der Waals surface area contributed by atoms with E-state index in [4.69, 9.17) is 4.74 Å². The van der Waals surface area contributed by atoms with E-state index in [0.717, 1.165) is 44.0 Å². The fourth-order valence-corrected chi connectivity index (χ4v) is 5.20. The predicted octanol–water partition coefficient (Wildman–Crippen LogP) is 3.84. The number of halogens is 1. The van der Waals surface area contributed by atoms with Gasteiger partial charge in [-0.25, -0.2) is 14.2 Å². The molecule has 0 saturated carbocycles. The van der Waals surface area contributed by atoms with Gasteiger partial charge in [0.25, 0.3) is 0 Å². The number of benzene rings is 3. The summed E-state index contributed by atoms with van der Waals surface area (Å²) in [4.78, 5) is 36.5. The number of H-pyrrole nitrogens is 1. The largest absolute Gasteiger partial charge is 0.467 e. The quantitative estimate of drug-likeness (QED) is 0.131. The number of aromatic amines is 1. The number of hydrogen-bond donors (Lipinski definition) is 5. The van der Waals surface area contributed by atoms with Crippen LogP contribution in [0.2, 0.25) is 0 Å². The van der Waals surface area contributed by atoms with Crippen LogP contribution in [0, 0.1) is 5.82 Å². The Morgan fingerprint density at radius 2 is 1.71 bits per heavy atom. The van der Waals surface area contributed by atoms with E-state index in [0.29, 0.717) is 23.3 Å². The molecule has 0 unspecified atom stereocenters. The normalized spacial score (nSPS) is 14.2. The van der Waals surface area contributed by atoms with Gasteiger partial charge in [-0.15, -0.1) is 0 Å². The molecule has 0 amide bonds. The van der Waals surface area contributed by atoms with Crippen LogP contribution >= 0.6 is 0 Å². The fraction of sp³-hybridized carbons (Fsp3) is 0.281. The van der Waals surface area contributed by atoms with Crippen molar-refractivity contribution in [2.75, 3.05) is 49.2 Å². The van der Waals surface area contributed by atoms with E-state index in [-0.39, 0.29) is 30.2 Å². The van der Waals surface area contributed by atoms with Crippen LogP contribution in [0.15, 0.2) is 72.8 Å². The Morgan fingerprint density at radius 3 is 2.53 bits per heavy atom. The molecule has 1 atom stereocenters. The van der Waals surface area contributed by atoms with Crippen molar-refractivity contribution in [3.05, 3.63) is 95.6 Å². The number of piperazine rings is 1. The molecule has 5 N–H and O–H groups in total. The molecule has 0 spiro atoms. The van der Waals surface area contributed by atoms with E-state index in [1.54, 1.807) is 6.07 Å². The molecule has 6 rings (SSSR count). The summed E-state index contributed by atoms with van der Waals surface area (Å²) in [7, 11) is 1.35. The zero-order valence-electron chi connectivity index (χ0n) is 24.9. The molecule has 1 saturated heterocycles. The maximum Gasteiger partial charge on any atom is 0.328 e. The summed E-state index contributed by atoms with van der Waals surface area (Å²) in [5, 5.41) is 13.0. The summed E-state index contributed by atoms with van der Waals surface area (Å²) < 4.78 is 18.8. The molecule has 0 radical (unpaired) electrons. The number of rotatable bonds is 12. The molecule has 232 valence electrons. The van der Waals surface area contributed by atoms with Gasteiger partial charge in [-0.2, -0.15) is 15.0 Å². The molecule has 1 aliphatic heterocycles. The highest BCUT2D eigenvalue weighted by atomic mass is 19.1. The van der Waals surface area contributed by atoms with Gasteiger partial charge in [0, 0.05) is 44.8 Å². The standard InChI is InChI=1S/C32H35FN10O2/c1-45-29(44)27(17-21-6-3-2-4-7-21)39-32-41-30(35-19-28-37-25-11-10-23(33)18-26(25)38-28)40-31(42-32)36-24-9-5-8-22(16-24)20-43-14-12-34-13-15-43/h2-11,16,18,27,34H,12-15,17,19-20H2,1H3,(H,37,38)(H3,35,36,39,40,41,42)/t27-/m0/s1. The Morgan fingerprint density at radius 1 is 0.933 bits per heavy atom. The molecule has 3 aromatic carbocycles. The zero-order chi connectivity index (χ0) is 31.0. The first-order valence-corrected chi connectivity index (χ1v) is 14.8. The third-order valence-electron chi connectivity index (χ3n) is 7.41. The molecular formula is C32H35FN10O2. The molecule has 0 bridgehead atoms. The second-order valence-corrected chi connectivity index (χ2v) is 10.8. The molecular weight excluding hydrogens is 575 g/mol. The van der Waals surface area contributed by atoms with E-state index >= 15 is 0 Å². The van der Waals surface area contributed by atoms with Gasteiger partial charge < -0.3 is 31.0 Å². The minimum atomic E-state index is -0.742. The highest BCUT2D eigenvalue weighted by Gasteiger charge is 2.22. The zero-order valence-corrected chi connectivity index (χ0v) is 24.9. The number of hydrogen-bond acceptors (Lipinski definition) is 11. The van der Waals surface area contributed by atoms with Crippen molar-refractivity contribution in [3.8, 4) is 0 Å². The lowest BCUT2D eigenvalue weighted by atomic mass is 10.1. The van der Waals surface area contributed by atoms with E-state index in [2.05, 4.69) is 63.2 Å². The predicted molar refractivity (Wildman–Crippen MR) is 171 cm³/mol. The lowest BCUT2D eigenvalue weighted by Gasteiger charge is -2.27. The van der Waals surface area contributed by atoms with Gasteiger partial charge in [-0.05, 0) is 41.5 Å². The molecule has 5 aromatic rings. The van der Waals surface area contributed by atoms with Crippen molar-refractivity contribution in [1.82, 2.24) is 35.1 Å². The van der Waals surface area contributed by atoms with E-state index in [1.807, 2.05) is 42.5 Å². The Labute approximate surface area is 259 Å². The first-order chi connectivity index (χ1) is 22.0. The van der Waals surface area contributed by atoms with Gasteiger partial charge in [0.05, 0.1) is 24.7 Å². The van der Waals surface area contributed by atoms with Crippen LogP contribution in [0.4, 0.5) is 27.9 Å². The summed E-state index contributed by atoms with van der Waals surface area (Å²) in [6.07, 6.45) is 0.369. The van der Waals surface area contributed by atoms with Crippen LogP contribution in [-0.2, 0) is 29.0 Å². The van der Waals surface area contributed by atoms with Crippen LogP contribution in [0.1, 0.15) is 17.0 Å². The topological polar surface area (TPSA) is 145 Å². The Bertz CT molecular complexity index is 1740. The number of methoxy groups -OCH3 is 1. The maximum atomic E-state index is 13.7. The molecule has 12 nitrogen and oxygen atoms in total. The fourth-order valence-electron chi connectivity index (χ4n) is 5.20. The monoisotopic (exact) mass is 610 g/mol. The number of imidazole rings is 1. The number of nitrogens with zero attached hydrogens (tertiary/aromatic N) is 5. The molecule has 45 heavy (non-hydrogen) atoms. The SMILES string of the molecule is COC(=O)[C@H](Cc1ccccc1)Nc1nc(NCc2nc3ccc(F)cc3[nH]2)nc(Nc2cccc(CN3CCNCC3)c2)n1. The number of nitrogens with one attached hydrogen (secondary N) is 5. The highest BCUT2D eigenvalue weighted by Crippen LogP contribution is 2.20. The van der Waals surface area contributed by atoms with Crippen molar-refractivity contribution >= 4 is 40.5 Å². The van der Waals surface area contributed by atoms with Crippen LogP contribution in [0.5, 0.6) is 0 Å². The average molecular weight is 611 g/mol. The molecule has 1 fully saturated rings. The number of carbonyl (C=O) groups is 1. The summed E-state index contributed by atoms with van der Waals surface area (Å²) >= 11 is 0. The lowest BCUT2D eigenvalue weighted by Crippen LogP contribution is -2.42. The van der Waals surface area contributed by atoms with E-state index in [9.17, 15) is 9.18 Å². The number of aromatic nitrogens is 5. The van der Waals surface area contributed by atoms with Gasteiger partial charge in [0.1, 0.15) is 17.7 Å². The van der Waals surface area contributed by atoms with Crippen molar-refractivity contribution < 1.29 is 13.9 Å². The smallest absolute Gasteiger partial charge is 0.328 e. The first-order valence-electron chi connectivity index (χ1n) is 14.8. The summed E-state index contributed by atoms with van der Waals surface area (Å²) in [6, 6.07) is 21.4. The van der Waals surface area contributed by atoms with Crippen LogP contribution in [0.3, 0.4) is 0 Å². The van der Waals surface area contributed by atoms with Crippen molar-refractivity contribution in [3.63, 3.8) is 0 Å². The second kappa shape index (κ2) is 14.1. The molecule has 2 aromatic heterocycles.